The van der Waals surface area contributed by atoms with E-state index in [9.17, 15) is 24.6 Å². The second-order valence-corrected chi connectivity index (χ2v) is 8.30. The fourth-order valence-electron chi connectivity index (χ4n) is 5.28. The number of aliphatic hydroxyl groups excluding tert-OH is 1. The number of fused-ring (bicyclic) bond motifs is 1. The molecule has 1 aromatic rings. The minimum absolute atomic E-state index is 0.0730. The maximum atomic E-state index is 13.8. The molecule has 3 heterocycles. The van der Waals surface area contributed by atoms with Gasteiger partial charge in [0.15, 0.2) is 0 Å². The molecule has 3 fully saturated rings. The van der Waals surface area contributed by atoms with Crippen LogP contribution >= 0.6 is 11.6 Å². The van der Waals surface area contributed by atoms with Gasteiger partial charge in [0.1, 0.15) is 11.6 Å². The van der Waals surface area contributed by atoms with Crippen LogP contribution in [0.4, 0.5) is 5.69 Å². The topological polar surface area (TPSA) is 107 Å². The Morgan fingerprint density at radius 1 is 1.37 bits per heavy atom. The second kappa shape index (κ2) is 7.68. The zero-order valence-corrected chi connectivity index (χ0v) is 17.0. The summed E-state index contributed by atoms with van der Waals surface area (Å²) in [6.07, 6.45) is 1.87. The van der Waals surface area contributed by atoms with Gasteiger partial charge in [0, 0.05) is 23.8 Å². The number of nitrogens with zero attached hydrogens (tertiary/aromatic N) is 2. The Kier molecular flexibility index (Phi) is 5.34. The predicted octanol–water partition coefficient (Wildman–Crippen LogP) is 1.31. The Labute approximate surface area is 178 Å². The van der Waals surface area contributed by atoms with Crippen LogP contribution in [0.2, 0.25) is 5.02 Å². The van der Waals surface area contributed by atoms with Crippen LogP contribution in [-0.4, -0.2) is 70.3 Å². The number of hydrogen-bond donors (Lipinski definition) is 2. The van der Waals surface area contributed by atoms with Crippen LogP contribution in [0.5, 0.6) is 0 Å². The standard InChI is InChI=1S/C21H23ClN2O6/c1-2-9-23(13-5-3-12(22)4-6-13)19(27)17-21-8-7-14(30-21)15(20(28)29)16(21)18(26)24(17)10-11-25/h2-6,14-17,25H,1,7-11H2,(H,28,29)/t14-,15+,16+,17?,21?/m1/s1. The van der Waals surface area contributed by atoms with Crippen molar-refractivity contribution in [2.24, 2.45) is 11.8 Å². The van der Waals surface area contributed by atoms with Crippen molar-refractivity contribution in [3.63, 3.8) is 0 Å². The number of likely N-dealkylation sites (tertiary alicyclic amines) is 1. The average molecular weight is 435 g/mol. The lowest BCUT2D eigenvalue weighted by Crippen LogP contribution is -2.56. The van der Waals surface area contributed by atoms with Crippen molar-refractivity contribution < 1.29 is 29.3 Å². The van der Waals surface area contributed by atoms with E-state index in [1.165, 1.54) is 9.80 Å². The number of hydrogen-bond acceptors (Lipinski definition) is 5. The summed E-state index contributed by atoms with van der Waals surface area (Å²) < 4.78 is 6.10. The summed E-state index contributed by atoms with van der Waals surface area (Å²) in [4.78, 5) is 41.7. The molecule has 1 aromatic carbocycles. The van der Waals surface area contributed by atoms with Crippen LogP contribution in [0.3, 0.4) is 0 Å². The third-order valence-electron chi connectivity index (χ3n) is 6.38. The van der Waals surface area contributed by atoms with Gasteiger partial charge in [-0.1, -0.05) is 17.7 Å². The predicted molar refractivity (Wildman–Crippen MR) is 108 cm³/mol. The summed E-state index contributed by atoms with van der Waals surface area (Å²) in [6.45, 7) is 3.49. The fourth-order valence-corrected chi connectivity index (χ4v) is 5.41. The number of carboxylic acid groups (broad SMARTS) is 1. The monoisotopic (exact) mass is 434 g/mol. The average Bonchev–Trinajstić information content (AvgIpc) is 3.35. The van der Waals surface area contributed by atoms with Crippen molar-refractivity contribution in [1.29, 1.82) is 0 Å². The van der Waals surface area contributed by atoms with Crippen LogP contribution < -0.4 is 4.90 Å². The molecule has 3 saturated heterocycles. The van der Waals surface area contributed by atoms with E-state index in [-0.39, 0.29) is 19.7 Å². The molecule has 2 amide bonds. The van der Waals surface area contributed by atoms with E-state index in [1.807, 2.05) is 0 Å². The molecule has 2 N–H and O–H groups in total. The van der Waals surface area contributed by atoms with Crippen molar-refractivity contribution in [2.45, 2.75) is 30.6 Å². The molecule has 0 aromatic heterocycles. The number of benzene rings is 1. The quantitative estimate of drug-likeness (QED) is 0.626. The van der Waals surface area contributed by atoms with E-state index in [2.05, 4.69) is 6.58 Å². The number of aliphatic hydroxyl groups is 1. The van der Waals surface area contributed by atoms with Gasteiger partial charge in [0.05, 0.1) is 24.5 Å². The van der Waals surface area contributed by atoms with Crippen molar-refractivity contribution in [2.75, 3.05) is 24.6 Å². The number of halogens is 1. The number of carbonyl (C=O) groups excluding carboxylic acids is 2. The highest BCUT2D eigenvalue weighted by atomic mass is 35.5. The van der Waals surface area contributed by atoms with E-state index in [4.69, 9.17) is 16.3 Å². The lowest BCUT2D eigenvalue weighted by molar-refractivity contribution is -0.149. The molecule has 4 rings (SSSR count). The molecule has 0 saturated carbocycles. The van der Waals surface area contributed by atoms with Crippen LogP contribution in [0.1, 0.15) is 12.8 Å². The molecule has 3 aliphatic rings. The van der Waals surface area contributed by atoms with Crippen molar-refractivity contribution in [3.8, 4) is 0 Å². The highest BCUT2D eigenvalue weighted by Gasteiger charge is 2.74. The third-order valence-corrected chi connectivity index (χ3v) is 6.63. The van der Waals surface area contributed by atoms with E-state index >= 15 is 0 Å². The van der Waals surface area contributed by atoms with Gasteiger partial charge in [0.25, 0.3) is 5.91 Å². The summed E-state index contributed by atoms with van der Waals surface area (Å²) in [5, 5.41) is 19.8. The SMILES string of the molecule is C=CCN(C(=O)C1N(CCO)C(=O)[C@@H]2[C@@H](C(=O)O)[C@H]3CCC12O3)c1ccc(Cl)cc1. The second-order valence-electron chi connectivity index (χ2n) is 7.86. The third kappa shape index (κ3) is 2.93. The lowest BCUT2D eigenvalue weighted by Gasteiger charge is -2.36. The summed E-state index contributed by atoms with van der Waals surface area (Å²) in [7, 11) is 0. The smallest absolute Gasteiger partial charge is 0.310 e. The molecule has 160 valence electrons. The lowest BCUT2D eigenvalue weighted by atomic mass is 9.70. The molecular weight excluding hydrogens is 412 g/mol. The number of rotatable bonds is 7. The molecule has 0 radical (unpaired) electrons. The first-order valence-electron chi connectivity index (χ1n) is 9.85. The van der Waals surface area contributed by atoms with Crippen LogP contribution in [0.25, 0.3) is 0 Å². The Bertz CT molecular complexity index is 890. The van der Waals surface area contributed by atoms with Gasteiger partial charge < -0.3 is 24.7 Å². The molecule has 5 atom stereocenters. The maximum absolute atomic E-state index is 13.8. The van der Waals surface area contributed by atoms with E-state index in [0.29, 0.717) is 23.6 Å². The molecule has 2 unspecified atom stereocenters. The highest BCUT2D eigenvalue weighted by Crippen LogP contribution is 2.58. The van der Waals surface area contributed by atoms with E-state index in [1.54, 1.807) is 30.3 Å². The minimum Gasteiger partial charge on any atom is -0.481 e. The first-order chi connectivity index (χ1) is 14.4. The summed E-state index contributed by atoms with van der Waals surface area (Å²) in [6, 6.07) is 5.68. The zero-order chi connectivity index (χ0) is 21.6. The number of carbonyl (C=O) groups is 3. The molecule has 0 aliphatic carbocycles. The molecule has 3 aliphatic heterocycles. The van der Waals surface area contributed by atoms with Gasteiger partial charge in [-0.05, 0) is 37.1 Å². The number of carboxylic acids is 1. The Morgan fingerprint density at radius 2 is 2.07 bits per heavy atom. The zero-order valence-electron chi connectivity index (χ0n) is 16.2. The Hall–Kier alpha value is -2.42. The molecule has 2 bridgehead atoms. The number of ether oxygens (including phenoxy) is 1. The van der Waals surface area contributed by atoms with Gasteiger partial charge in [-0.3, -0.25) is 14.4 Å². The Morgan fingerprint density at radius 3 is 2.67 bits per heavy atom. The molecule has 1 spiro atoms. The van der Waals surface area contributed by atoms with Gasteiger partial charge in [-0.15, -0.1) is 6.58 Å². The molecule has 30 heavy (non-hydrogen) atoms. The summed E-state index contributed by atoms with van der Waals surface area (Å²) >= 11 is 5.97. The van der Waals surface area contributed by atoms with Crippen molar-refractivity contribution in [3.05, 3.63) is 41.9 Å². The van der Waals surface area contributed by atoms with Crippen LogP contribution in [0.15, 0.2) is 36.9 Å². The van der Waals surface area contributed by atoms with Crippen LogP contribution in [-0.2, 0) is 19.1 Å². The van der Waals surface area contributed by atoms with E-state index < -0.39 is 47.4 Å². The summed E-state index contributed by atoms with van der Waals surface area (Å²) in [5.74, 6) is -3.88. The number of aliphatic carboxylic acids is 1. The first-order valence-corrected chi connectivity index (χ1v) is 10.2. The maximum Gasteiger partial charge on any atom is 0.310 e. The number of β-amino-alcohol motifs (C(OH)–C–C–N with tert-alkyl or cyclic N) is 1. The highest BCUT2D eigenvalue weighted by molar-refractivity contribution is 6.30. The van der Waals surface area contributed by atoms with Gasteiger partial charge in [0.2, 0.25) is 5.91 Å². The van der Waals surface area contributed by atoms with E-state index in [0.717, 1.165) is 0 Å². The minimum atomic E-state index is -1.21. The number of amides is 2. The number of anilines is 1. The van der Waals surface area contributed by atoms with Gasteiger partial charge in [-0.25, -0.2) is 0 Å². The fraction of sp³-hybridized carbons (Fsp3) is 0.476. The van der Waals surface area contributed by atoms with Gasteiger partial charge in [-0.2, -0.15) is 0 Å². The van der Waals surface area contributed by atoms with Crippen molar-refractivity contribution in [1.82, 2.24) is 4.90 Å². The molecular formula is C21H23ClN2O6. The summed E-state index contributed by atoms with van der Waals surface area (Å²) in [5.41, 5.74) is -0.633. The van der Waals surface area contributed by atoms with Gasteiger partial charge >= 0.3 is 5.97 Å². The molecule has 8 nitrogen and oxygen atoms in total. The normalized spacial score (nSPS) is 31.7. The van der Waals surface area contributed by atoms with Crippen molar-refractivity contribution >= 4 is 35.1 Å². The largest absolute Gasteiger partial charge is 0.481 e. The first kappa shape index (κ1) is 20.8. The Balaban J connectivity index is 1.77. The molecule has 9 heteroatoms. The van der Waals surface area contributed by atoms with Crippen LogP contribution in [0, 0.1) is 11.8 Å².